The number of nitrogen functional groups attached to an aromatic ring is 1. The molecular formula is C15H23N3S. The van der Waals surface area contributed by atoms with Crippen LogP contribution in [0, 0.1) is 6.92 Å². The number of thioether (sulfide) groups is 1. The minimum absolute atomic E-state index is 0.643. The molecule has 2 aromatic rings. The van der Waals surface area contributed by atoms with E-state index in [2.05, 4.69) is 40.9 Å². The summed E-state index contributed by atoms with van der Waals surface area (Å²) < 4.78 is 2.14. The normalized spacial score (nSPS) is 11.3. The first-order chi connectivity index (χ1) is 9.22. The van der Waals surface area contributed by atoms with Gasteiger partial charge in [0.25, 0.3) is 0 Å². The number of anilines is 1. The van der Waals surface area contributed by atoms with Gasteiger partial charge in [-0.2, -0.15) is 11.8 Å². The third-order valence-corrected chi connectivity index (χ3v) is 4.11. The van der Waals surface area contributed by atoms with Crippen molar-refractivity contribution in [2.24, 2.45) is 0 Å². The number of aromatic nitrogens is 2. The first-order valence-electron chi connectivity index (χ1n) is 6.93. The number of hydrogen-bond acceptors (Lipinski definition) is 3. The Kier molecular flexibility index (Phi) is 5.14. The summed E-state index contributed by atoms with van der Waals surface area (Å²) in [6.45, 7) is 3.06. The predicted molar refractivity (Wildman–Crippen MR) is 85.7 cm³/mol. The summed E-state index contributed by atoms with van der Waals surface area (Å²) >= 11 is 1.93. The maximum absolute atomic E-state index is 6.01. The molecule has 19 heavy (non-hydrogen) atoms. The van der Waals surface area contributed by atoms with Crippen LogP contribution in [0.4, 0.5) is 5.95 Å². The summed E-state index contributed by atoms with van der Waals surface area (Å²) in [6.07, 6.45) is 7.25. The summed E-state index contributed by atoms with van der Waals surface area (Å²) in [5.41, 5.74) is 9.42. The fourth-order valence-corrected chi connectivity index (χ4v) is 2.86. The van der Waals surface area contributed by atoms with Crippen molar-refractivity contribution in [1.82, 2.24) is 9.55 Å². The molecule has 0 saturated carbocycles. The highest BCUT2D eigenvalue weighted by Crippen LogP contribution is 2.20. The molecule has 0 amide bonds. The van der Waals surface area contributed by atoms with E-state index in [1.807, 2.05) is 11.8 Å². The topological polar surface area (TPSA) is 43.8 Å². The van der Waals surface area contributed by atoms with Gasteiger partial charge in [-0.3, -0.25) is 0 Å². The lowest BCUT2D eigenvalue weighted by molar-refractivity contribution is 0.597. The maximum atomic E-state index is 6.01. The first kappa shape index (κ1) is 14.3. The largest absolute Gasteiger partial charge is 0.369 e. The second kappa shape index (κ2) is 6.85. The molecule has 1 aromatic heterocycles. The Morgan fingerprint density at radius 2 is 2.00 bits per heavy atom. The fourth-order valence-electron chi connectivity index (χ4n) is 2.36. The lowest BCUT2D eigenvalue weighted by Crippen LogP contribution is -2.03. The Morgan fingerprint density at radius 1 is 1.21 bits per heavy atom. The van der Waals surface area contributed by atoms with Crippen LogP contribution < -0.4 is 5.73 Å². The van der Waals surface area contributed by atoms with Crippen LogP contribution in [0.15, 0.2) is 18.2 Å². The molecule has 1 heterocycles. The fraction of sp³-hybridized carbons (Fsp3) is 0.533. The van der Waals surface area contributed by atoms with Crippen LogP contribution >= 0.6 is 11.8 Å². The molecule has 0 aliphatic heterocycles. The zero-order chi connectivity index (χ0) is 13.7. The van der Waals surface area contributed by atoms with Crippen molar-refractivity contribution in [3.05, 3.63) is 23.8 Å². The van der Waals surface area contributed by atoms with Crippen molar-refractivity contribution >= 4 is 28.7 Å². The first-order valence-corrected chi connectivity index (χ1v) is 8.33. The highest BCUT2D eigenvalue weighted by molar-refractivity contribution is 7.98. The Bertz CT molecular complexity index is 533. The Hall–Kier alpha value is -1.16. The quantitative estimate of drug-likeness (QED) is 0.782. The average molecular weight is 277 g/mol. The van der Waals surface area contributed by atoms with Crippen LogP contribution in [0.5, 0.6) is 0 Å². The molecular weight excluding hydrogens is 254 g/mol. The Balaban J connectivity index is 1.95. The third-order valence-electron chi connectivity index (χ3n) is 3.41. The van der Waals surface area contributed by atoms with Crippen molar-refractivity contribution in [1.29, 1.82) is 0 Å². The number of fused-ring (bicyclic) bond motifs is 1. The van der Waals surface area contributed by atoms with Crippen LogP contribution in [-0.2, 0) is 6.54 Å². The van der Waals surface area contributed by atoms with Gasteiger partial charge in [0.05, 0.1) is 11.0 Å². The number of benzene rings is 1. The molecule has 0 spiro atoms. The van der Waals surface area contributed by atoms with Gasteiger partial charge in [-0.05, 0) is 49.5 Å². The molecule has 2 N–H and O–H groups in total. The standard InChI is InChI=1S/C15H23N3S/c1-12-7-8-14-13(11-12)17-15(16)18(14)9-5-3-4-6-10-19-2/h7-8,11H,3-6,9-10H2,1-2H3,(H2,16,17). The molecule has 0 unspecified atom stereocenters. The monoisotopic (exact) mass is 277 g/mol. The molecule has 0 aliphatic carbocycles. The second-order valence-corrected chi connectivity index (χ2v) is 6.01. The van der Waals surface area contributed by atoms with Gasteiger partial charge in [-0.25, -0.2) is 4.98 Å². The van der Waals surface area contributed by atoms with E-state index in [1.165, 1.54) is 37.0 Å². The molecule has 0 saturated heterocycles. The molecule has 2 rings (SSSR count). The van der Waals surface area contributed by atoms with E-state index in [0.29, 0.717) is 5.95 Å². The summed E-state index contributed by atoms with van der Waals surface area (Å²) in [5, 5.41) is 0. The molecule has 4 heteroatoms. The number of nitrogens with two attached hydrogens (primary N) is 1. The highest BCUT2D eigenvalue weighted by atomic mass is 32.2. The molecule has 0 atom stereocenters. The van der Waals surface area contributed by atoms with Crippen molar-refractivity contribution in [2.75, 3.05) is 17.7 Å². The lowest BCUT2D eigenvalue weighted by atomic mass is 10.2. The van der Waals surface area contributed by atoms with Crippen molar-refractivity contribution in [3.63, 3.8) is 0 Å². The van der Waals surface area contributed by atoms with Crippen molar-refractivity contribution < 1.29 is 0 Å². The van der Waals surface area contributed by atoms with E-state index in [9.17, 15) is 0 Å². The Labute approximate surface area is 119 Å². The van der Waals surface area contributed by atoms with Crippen LogP contribution in [0.1, 0.15) is 31.2 Å². The summed E-state index contributed by atoms with van der Waals surface area (Å²) in [6, 6.07) is 6.35. The lowest BCUT2D eigenvalue weighted by Gasteiger charge is -2.06. The number of unbranched alkanes of at least 4 members (excludes halogenated alkanes) is 3. The molecule has 3 nitrogen and oxygen atoms in total. The number of hydrogen-bond donors (Lipinski definition) is 1. The van der Waals surface area contributed by atoms with Gasteiger partial charge in [-0.1, -0.05) is 18.9 Å². The van der Waals surface area contributed by atoms with Gasteiger partial charge in [0.15, 0.2) is 0 Å². The van der Waals surface area contributed by atoms with Gasteiger partial charge in [-0.15, -0.1) is 0 Å². The van der Waals surface area contributed by atoms with E-state index in [0.717, 1.165) is 17.6 Å². The number of rotatable bonds is 7. The van der Waals surface area contributed by atoms with E-state index in [4.69, 9.17) is 5.73 Å². The smallest absolute Gasteiger partial charge is 0.201 e. The van der Waals surface area contributed by atoms with Gasteiger partial charge in [0, 0.05) is 6.54 Å². The summed E-state index contributed by atoms with van der Waals surface area (Å²) in [7, 11) is 0. The van der Waals surface area contributed by atoms with E-state index >= 15 is 0 Å². The maximum Gasteiger partial charge on any atom is 0.201 e. The van der Waals surface area contributed by atoms with Crippen molar-refractivity contribution in [2.45, 2.75) is 39.2 Å². The second-order valence-electron chi connectivity index (χ2n) is 5.02. The van der Waals surface area contributed by atoms with Crippen LogP contribution in [0.3, 0.4) is 0 Å². The minimum Gasteiger partial charge on any atom is -0.369 e. The van der Waals surface area contributed by atoms with E-state index < -0.39 is 0 Å². The molecule has 0 radical (unpaired) electrons. The molecule has 0 aliphatic rings. The van der Waals surface area contributed by atoms with Gasteiger partial charge in [0.1, 0.15) is 0 Å². The average Bonchev–Trinajstić information content (AvgIpc) is 2.69. The number of nitrogens with zero attached hydrogens (tertiary/aromatic N) is 2. The number of imidazole rings is 1. The van der Waals surface area contributed by atoms with Crippen LogP contribution in [-0.4, -0.2) is 21.6 Å². The van der Waals surface area contributed by atoms with E-state index in [-0.39, 0.29) is 0 Å². The van der Waals surface area contributed by atoms with Crippen LogP contribution in [0.2, 0.25) is 0 Å². The van der Waals surface area contributed by atoms with Gasteiger partial charge in [0.2, 0.25) is 5.95 Å². The van der Waals surface area contributed by atoms with E-state index in [1.54, 1.807) is 0 Å². The zero-order valence-corrected chi connectivity index (χ0v) is 12.7. The molecule has 0 fully saturated rings. The van der Waals surface area contributed by atoms with Crippen LogP contribution in [0.25, 0.3) is 11.0 Å². The molecule has 1 aromatic carbocycles. The molecule has 104 valence electrons. The summed E-state index contributed by atoms with van der Waals surface area (Å²) in [4.78, 5) is 4.44. The van der Waals surface area contributed by atoms with Gasteiger partial charge >= 0.3 is 0 Å². The SMILES string of the molecule is CSCCCCCCn1c(N)nc2cc(C)ccc21. The summed E-state index contributed by atoms with van der Waals surface area (Å²) in [5.74, 6) is 1.92. The predicted octanol–water partition coefficient (Wildman–Crippen LogP) is 3.85. The van der Waals surface area contributed by atoms with Crippen molar-refractivity contribution in [3.8, 4) is 0 Å². The third kappa shape index (κ3) is 3.66. The number of aryl methyl sites for hydroxylation is 2. The Morgan fingerprint density at radius 3 is 2.79 bits per heavy atom. The highest BCUT2D eigenvalue weighted by Gasteiger charge is 2.07. The van der Waals surface area contributed by atoms with Gasteiger partial charge < -0.3 is 10.3 Å². The molecule has 0 bridgehead atoms. The zero-order valence-electron chi connectivity index (χ0n) is 11.9. The minimum atomic E-state index is 0.643.